The Kier molecular flexibility index (Phi) is 5.07. The van der Waals surface area contributed by atoms with E-state index in [-0.39, 0.29) is 17.0 Å². The molecule has 0 radical (unpaired) electrons. The number of rotatable bonds is 4. The van der Waals surface area contributed by atoms with Crippen LogP contribution in [0.25, 0.3) is 21.8 Å². The predicted octanol–water partition coefficient (Wildman–Crippen LogP) is 5.94. The zero-order valence-electron chi connectivity index (χ0n) is 17.6. The third-order valence-corrected chi connectivity index (χ3v) is 5.42. The maximum atomic E-state index is 12.9. The molecule has 2 aromatic carbocycles. The van der Waals surface area contributed by atoms with Crippen LogP contribution < -0.4 is 5.32 Å². The number of alkyl halides is 3. The Bertz CT molecular complexity index is 1260. The number of carbonyl (C=O) groups excluding carboxylic acids is 1. The van der Waals surface area contributed by atoms with Crippen LogP contribution in [0.4, 0.5) is 13.2 Å². The third-order valence-electron chi connectivity index (χ3n) is 5.42. The molecule has 4 nitrogen and oxygen atoms in total. The summed E-state index contributed by atoms with van der Waals surface area (Å²) in [6.45, 7) is 6.82. The quantitative estimate of drug-likeness (QED) is 0.371. The molecule has 4 aromatic rings. The highest BCUT2D eigenvalue weighted by Gasteiger charge is 2.30. The van der Waals surface area contributed by atoms with Crippen LogP contribution in [0.3, 0.4) is 0 Å². The highest BCUT2D eigenvalue weighted by molar-refractivity contribution is 5.98. The van der Waals surface area contributed by atoms with Crippen molar-refractivity contribution in [3.8, 4) is 0 Å². The Morgan fingerprint density at radius 3 is 2.42 bits per heavy atom. The molecule has 0 aliphatic carbocycles. The van der Waals surface area contributed by atoms with Gasteiger partial charge in [0.25, 0.3) is 5.91 Å². The Morgan fingerprint density at radius 1 is 0.968 bits per heavy atom. The van der Waals surface area contributed by atoms with Crippen molar-refractivity contribution >= 4 is 27.7 Å². The molecule has 7 heteroatoms. The van der Waals surface area contributed by atoms with E-state index < -0.39 is 11.7 Å². The van der Waals surface area contributed by atoms with Crippen molar-refractivity contribution < 1.29 is 18.0 Å². The monoisotopic (exact) mass is 427 g/mol. The summed E-state index contributed by atoms with van der Waals surface area (Å²) >= 11 is 0. The molecule has 0 atom stereocenters. The number of hydrogen-bond acceptors (Lipinski definition) is 1. The molecule has 2 heterocycles. The van der Waals surface area contributed by atoms with Gasteiger partial charge in [0.15, 0.2) is 0 Å². The average Bonchev–Trinajstić information content (AvgIpc) is 3.28. The van der Waals surface area contributed by atoms with Gasteiger partial charge in [-0.1, -0.05) is 39.0 Å². The summed E-state index contributed by atoms with van der Waals surface area (Å²) in [5, 5.41) is 4.36. The van der Waals surface area contributed by atoms with Gasteiger partial charge in [-0.25, -0.2) is 0 Å². The second-order valence-corrected chi connectivity index (χ2v) is 8.76. The van der Waals surface area contributed by atoms with Gasteiger partial charge in [0.2, 0.25) is 0 Å². The molecule has 0 saturated heterocycles. The number of amides is 1. The van der Waals surface area contributed by atoms with Crippen molar-refractivity contribution in [3.63, 3.8) is 0 Å². The number of halogens is 3. The van der Waals surface area contributed by atoms with E-state index in [2.05, 4.69) is 42.1 Å². The zero-order valence-corrected chi connectivity index (χ0v) is 17.6. The molecule has 0 saturated carbocycles. The van der Waals surface area contributed by atoms with Crippen LogP contribution >= 0.6 is 0 Å². The molecular formula is C24H24F3N3O. The number of benzene rings is 2. The van der Waals surface area contributed by atoms with Crippen molar-refractivity contribution in [2.75, 3.05) is 6.54 Å². The van der Waals surface area contributed by atoms with Gasteiger partial charge in [-0.2, -0.15) is 13.2 Å². The van der Waals surface area contributed by atoms with Crippen LogP contribution in [0.5, 0.6) is 0 Å². The van der Waals surface area contributed by atoms with E-state index in [9.17, 15) is 18.0 Å². The van der Waals surface area contributed by atoms with E-state index in [1.807, 2.05) is 18.2 Å². The summed E-state index contributed by atoms with van der Waals surface area (Å²) in [5.41, 5.74) is 3.27. The first-order chi connectivity index (χ1) is 14.5. The zero-order chi connectivity index (χ0) is 22.4. The van der Waals surface area contributed by atoms with E-state index in [1.165, 1.54) is 12.1 Å². The lowest BCUT2D eigenvalue weighted by atomic mass is 9.88. The van der Waals surface area contributed by atoms with Crippen molar-refractivity contribution in [1.82, 2.24) is 15.3 Å². The number of H-pyrrole nitrogens is 2. The van der Waals surface area contributed by atoms with Gasteiger partial charge < -0.3 is 15.3 Å². The fourth-order valence-electron chi connectivity index (χ4n) is 3.93. The number of carbonyl (C=O) groups is 1. The van der Waals surface area contributed by atoms with Gasteiger partial charge in [0.05, 0.1) is 5.56 Å². The minimum Gasteiger partial charge on any atom is -0.358 e. The highest BCUT2D eigenvalue weighted by atomic mass is 19.4. The van der Waals surface area contributed by atoms with Gasteiger partial charge in [-0.05, 0) is 42.3 Å². The first-order valence-electron chi connectivity index (χ1n) is 10.1. The standard InChI is InChI=1S/C24H24F3N3O/c1-23(2,3)21-17(16-6-4-5-7-19(16)30-21)10-11-28-22(31)20-13-14-12-15(24(25,26)27)8-9-18(14)29-20/h4-9,12-13,29-30H,10-11H2,1-3H3,(H,28,31). The van der Waals surface area contributed by atoms with Crippen LogP contribution in [-0.2, 0) is 18.0 Å². The molecule has 0 spiro atoms. The lowest BCUT2D eigenvalue weighted by Crippen LogP contribution is -2.26. The van der Waals surface area contributed by atoms with Crippen molar-refractivity contribution in [1.29, 1.82) is 0 Å². The fraction of sp³-hybridized carbons (Fsp3) is 0.292. The predicted molar refractivity (Wildman–Crippen MR) is 116 cm³/mol. The van der Waals surface area contributed by atoms with Crippen LogP contribution in [0.1, 0.15) is 48.1 Å². The molecule has 2 aromatic heterocycles. The summed E-state index contributed by atoms with van der Waals surface area (Å²) in [6.07, 6.45) is -3.78. The van der Waals surface area contributed by atoms with Crippen molar-refractivity contribution in [2.24, 2.45) is 0 Å². The summed E-state index contributed by atoms with van der Waals surface area (Å²) in [6, 6.07) is 12.9. The minimum atomic E-state index is -4.42. The Morgan fingerprint density at radius 2 is 1.71 bits per heavy atom. The molecule has 0 aliphatic heterocycles. The number of nitrogens with one attached hydrogen (secondary N) is 3. The van der Waals surface area contributed by atoms with E-state index in [0.29, 0.717) is 23.9 Å². The second kappa shape index (κ2) is 7.48. The second-order valence-electron chi connectivity index (χ2n) is 8.76. The Labute approximate surface area is 177 Å². The third kappa shape index (κ3) is 4.17. The van der Waals surface area contributed by atoms with Gasteiger partial charge in [-0.15, -0.1) is 0 Å². The minimum absolute atomic E-state index is 0.0776. The van der Waals surface area contributed by atoms with Gasteiger partial charge in [0.1, 0.15) is 5.69 Å². The molecule has 0 aliphatic rings. The van der Waals surface area contributed by atoms with Crippen LogP contribution in [0.2, 0.25) is 0 Å². The number of hydrogen-bond donors (Lipinski definition) is 3. The fourth-order valence-corrected chi connectivity index (χ4v) is 3.93. The lowest BCUT2D eigenvalue weighted by molar-refractivity contribution is -0.137. The molecule has 162 valence electrons. The smallest absolute Gasteiger partial charge is 0.358 e. The molecule has 3 N–H and O–H groups in total. The summed E-state index contributed by atoms with van der Waals surface area (Å²) in [5.74, 6) is -0.345. The van der Waals surface area contributed by atoms with E-state index in [0.717, 1.165) is 34.3 Å². The van der Waals surface area contributed by atoms with E-state index in [4.69, 9.17) is 0 Å². The molecule has 0 fully saturated rings. The number of fused-ring (bicyclic) bond motifs is 2. The molecular weight excluding hydrogens is 403 g/mol. The maximum Gasteiger partial charge on any atom is 0.416 e. The number of para-hydroxylation sites is 1. The average molecular weight is 427 g/mol. The molecule has 4 rings (SSSR count). The summed E-state index contributed by atoms with van der Waals surface area (Å²) < 4.78 is 38.8. The molecule has 31 heavy (non-hydrogen) atoms. The van der Waals surface area contributed by atoms with Crippen molar-refractivity contribution in [2.45, 2.75) is 38.8 Å². The number of aromatic nitrogens is 2. The van der Waals surface area contributed by atoms with Crippen LogP contribution in [-0.4, -0.2) is 22.4 Å². The SMILES string of the molecule is CC(C)(C)c1[nH]c2ccccc2c1CCNC(=O)c1cc2cc(C(F)(F)F)ccc2[nH]1. The van der Waals surface area contributed by atoms with Crippen LogP contribution in [0, 0.1) is 0 Å². The number of aromatic amines is 2. The first-order valence-corrected chi connectivity index (χ1v) is 10.1. The van der Waals surface area contributed by atoms with Crippen molar-refractivity contribution in [3.05, 3.63) is 71.0 Å². The van der Waals surface area contributed by atoms with Crippen LogP contribution in [0.15, 0.2) is 48.5 Å². The normalized spacial score (nSPS) is 12.6. The van der Waals surface area contributed by atoms with E-state index in [1.54, 1.807) is 0 Å². The highest BCUT2D eigenvalue weighted by Crippen LogP contribution is 2.32. The largest absolute Gasteiger partial charge is 0.416 e. The lowest BCUT2D eigenvalue weighted by Gasteiger charge is -2.19. The van der Waals surface area contributed by atoms with E-state index >= 15 is 0 Å². The molecule has 0 bridgehead atoms. The first kappa shape index (κ1) is 21.0. The topological polar surface area (TPSA) is 60.7 Å². The van der Waals surface area contributed by atoms with Gasteiger partial charge >= 0.3 is 6.18 Å². The summed E-state index contributed by atoms with van der Waals surface area (Å²) in [4.78, 5) is 19.0. The Hall–Kier alpha value is -3.22. The maximum absolute atomic E-state index is 12.9. The molecule has 1 amide bonds. The Balaban J connectivity index is 1.51. The molecule has 0 unspecified atom stereocenters. The summed E-state index contributed by atoms with van der Waals surface area (Å²) in [7, 11) is 0. The van der Waals surface area contributed by atoms with Gasteiger partial charge in [0, 0.05) is 39.5 Å². The van der Waals surface area contributed by atoms with Gasteiger partial charge in [-0.3, -0.25) is 4.79 Å².